The van der Waals surface area contributed by atoms with Crippen LogP contribution in [-0.2, 0) is 12.0 Å². The number of rotatable bonds is 8. The van der Waals surface area contributed by atoms with E-state index >= 15 is 0 Å². The Bertz CT molecular complexity index is 775. The Hall–Kier alpha value is -2.57. The maximum atomic E-state index is 5.76. The Labute approximate surface area is 174 Å². The van der Waals surface area contributed by atoms with Crippen LogP contribution in [-0.4, -0.2) is 29.3 Å². The lowest BCUT2D eigenvalue weighted by atomic mass is 9.97. The van der Waals surface area contributed by atoms with Crippen LogP contribution < -0.4 is 15.4 Å². The normalized spacial score (nSPS) is 13.4. The number of ether oxygens (including phenoxy) is 1. The topological polar surface area (TPSA) is 84.6 Å². The van der Waals surface area contributed by atoms with Gasteiger partial charge in [-0.15, -0.1) is 0 Å². The summed E-state index contributed by atoms with van der Waals surface area (Å²) in [5, 5.41) is 10.7. The van der Waals surface area contributed by atoms with Gasteiger partial charge >= 0.3 is 0 Å². The molecule has 0 radical (unpaired) electrons. The van der Waals surface area contributed by atoms with Gasteiger partial charge in [0, 0.05) is 12.0 Å². The van der Waals surface area contributed by atoms with Gasteiger partial charge in [0.1, 0.15) is 12.3 Å². The molecule has 160 valence electrons. The minimum Gasteiger partial charge on any atom is -0.493 e. The van der Waals surface area contributed by atoms with Gasteiger partial charge in [0.25, 0.3) is 0 Å². The first-order valence-corrected chi connectivity index (χ1v) is 10.3. The second kappa shape index (κ2) is 10.3. The van der Waals surface area contributed by atoms with Crippen molar-refractivity contribution < 1.29 is 9.26 Å². The molecule has 7 nitrogen and oxygen atoms in total. The minimum absolute atomic E-state index is 0.0855. The second-order valence-corrected chi connectivity index (χ2v) is 8.60. The van der Waals surface area contributed by atoms with Crippen molar-refractivity contribution in [3.8, 4) is 5.75 Å². The van der Waals surface area contributed by atoms with Crippen molar-refractivity contribution in [3.05, 3.63) is 41.5 Å². The van der Waals surface area contributed by atoms with Crippen LogP contribution in [0.1, 0.15) is 71.8 Å². The van der Waals surface area contributed by atoms with Crippen molar-refractivity contribution in [1.29, 1.82) is 0 Å². The molecule has 0 saturated carbocycles. The maximum absolute atomic E-state index is 5.76. The molecule has 1 heterocycles. The Balaban J connectivity index is 1.99. The summed E-state index contributed by atoms with van der Waals surface area (Å²) < 4.78 is 11.1. The van der Waals surface area contributed by atoms with E-state index in [0.29, 0.717) is 30.1 Å². The molecule has 0 aliphatic heterocycles. The highest BCUT2D eigenvalue weighted by atomic mass is 16.5. The molecule has 2 N–H and O–H groups in total. The van der Waals surface area contributed by atoms with Crippen LogP contribution in [0.2, 0.25) is 0 Å². The summed E-state index contributed by atoms with van der Waals surface area (Å²) in [6.45, 7) is 16.4. The lowest BCUT2D eigenvalue weighted by Gasteiger charge is -2.18. The summed E-state index contributed by atoms with van der Waals surface area (Å²) in [5.41, 5.74) is 0.985. The van der Waals surface area contributed by atoms with Crippen LogP contribution in [0, 0.1) is 5.92 Å². The van der Waals surface area contributed by atoms with E-state index in [2.05, 4.69) is 58.7 Å². The van der Waals surface area contributed by atoms with Crippen LogP contribution in [0.25, 0.3) is 0 Å². The molecule has 0 saturated heterocycles. The van der Waals surface area contributed by atoms with Gasteiger partial charge in [-0.2, -0.15) is 4.98 Å². The molecule has 0 bridgehead atoms. The molecule has 1 atom stereocenters. The Morgan fingerprint density at radius 1 is 1.17 bits per heavy atom. The highest BCUT2D eigenvalue weighted by Crippen LogP contribution is 2.20. The first-order valence-electron chi connectivity index (χ1n) is 10.3. The number of benzene rings is 1. The van der Waals surface area contributed by atoms with Gasteiger partial charge in [-0.05, 0) is 37.5 Å². The zero-order chi connectivity index (χ0) is 21.4. The fourth-order valence-corrected chi connectivity index (χ4v) is 2.50. The third kappa shape index (κ3) is 7.40. The number of guanidine groups is 1. The smallest absolute Gasteiger partial charge is 0.232 e. The summed E-state index contributed by atoms with van der Waals surface area (Å²) in [6.07, 6.45) is 0. The molecule has 7 heteroatoms. The number of hydrogen-bond acceptors (Lipinski definition) is 5. The lowest BCUT2D eigenvalue weighted by Crippen LogP contribution is -2.38. The van der Waals surface area contributed by atoms with E-state index in [0.717, 1.165) is 24.5 Å². The van der Waals surface area contributed by atoms with E-state index in [4.69, 9.17) is 9.26 Å². The van der Waals surface area contributed by atoms with Crippen molar-refractivity contribution in [2.45, 2.75) is 66.5 Å². The fourth-order valence-electron chi connectivity index (χ4n) is 2.50. The van der Waals surface area contributed by atoms with E-state index in [1.54, 1.807) is 0 Å². The number of aromatic nitrogens is 2. The van der Waals surface area contributed by atoms with Crippen LogP contribution in [0.4, 0.5) is 0 Å². The molecule has 0 spiro atoms. The highest BCUT2D eigenvalue weighted by molar-refractivity contribution is 5.80. The number of nitrogens with zero attached hydrogens (tertiary/aromatic N) is 3. The molecular formula is C22H35N5O2. The van der Waals surface area contributed by atoms with Crippen LogP contribution in [0.3, 0.4) is 0 Å². The molecular weight excluding hydrogens is 366 g/mol. The average Bonchev–Trinajstić information content (AvgIpc) is 3.14. The van der Waals surface area contributed by atoms with Crippen molar-refractivity contribution >= 4 is 5.96 Å². The van der Waals surface area contributed by atoms with Crippen molar-refractivity contribution in [1.82, 2.24) is 20.8 Å². The van der Waals surface area contributed by atoms with Gasteiger partial charge in [0.05, 0.1) is 12.6 Å². The Morgan fingerprint density at radius 3 is 2.41 bits per heavy atom. The summed E-state index contributed by atoms with van der Waals surface area (Å²) in [6, 6.07) is 8.25. The predicted molar refractivity (Wildman–Crippen MR) is 116 cm³/mol. The summed E-state index contributed by atoms with van der Waals surface area (Å²) in [4.78, 5) is 9.03. The third-order valence-corrected chi connectivity index (χ3v) is 4.15. The summed E-state index contributed by atoms with van der Waals surface area (Å²) in [5.74, 6) is 3.30. The van der Waals surface area contributed by atoms with Crippen LogP contribution in [0.5, 0.6) is 5.75 Å². The molecule has 1 unspecified atom stereocenters. The van der Waals surface area contributed by atoms with E-state index in [9.17, 15) is 0 Å². The maximum Gasteiger partial charge on any atom is 0.232 e. The van der Waals surface area contributed by atoms with Gasteiger partial charge in [0.15, 0.2) is 11.8 Å². The largest absolute Gasteiger partial charge is 0.493 e. The molecule has 2 rings (SSSR count). The van der Waals surface area contributed by atoms with Crippen LogP contribution in [0.15, 0.2) is 33.8 Å². The minimum atomic E-state index is -0.169. The zero-order valence-electron chi connectivity index (χ0n) is 18.7. The van der Waals surface area contributed by atoms with Gasteiger partial charge in [-0.25, -0.2) is 4.99 Å². The Morgan fingerprint density at radius 2 is 1.86 bits per heavy atom. The second-order valence-electron chi connectivity index (χ2n) is 8.60. The van der Waals surface area contributed by atoms with Gasteiger partial charge in [-0.3, -0.25) is 0 Å². The lowest BCUT2D eigenvalue weighted by molar-refractivity contribution is 0.271. The molecule has 2 aromatic rings. The predicted octanol–water partition coefficient (Wildman–Crippen LogP) is 4.22. The van der Waals surface area contributed by atoms with Crippen molar-refractivity contribution in [2.24, 2.45) is 10.9 Å². The zero-order valence-corrected chi connectivity index (χ0v) is 18.7. The first-order chi connectivity index (χ1) is 13.7. The highest BCUT2D eigenvalue weighted by Gasteiger charge is 2.21. The summed E-state index contributed by atoms with van der Waals surface area (Å²) in [7, 11) is 0. The van der Waals surface area contributed by atoms with E-state index < -0.39 is 0 Å². The van der Waals surface area contributed by atoms with Gasteiger partial charge in [0.2, 0.25) is 5.89 Å². The van der Waals surface area contributed by atoms with Gasteiger partial charge in [-0.1, -0.05) is 51.9 Å². The number of aliphatic imine (C=N–C) groups is 1. The van der Waals surface area contributed by atoms with Crippen molar-refractivity contribution in [2.75, 3.05) is 13.2 Å². The molecule has 0 aliphatic carbocycles. The standard InChI is InChI=1S/C22H35N5O2/c1-8-23-21(24-13-19-26-20(29-27-19)22(5,6)7)25-16(4)17-9-11-18(12-10-17)28-14-15(2)3/h9-12,15-16H,8,13-14H2,1-7H3,(H2,23,24,25). The first kappa shape index (κ1) is 22.7. The van der Waals surface area contributed by atoms with E-state index in [1.807, 2.05) is 39.8 Å². The monoisotopic (exact) mass is 401 g/mol. The Kier molecular flexibility index (Phi) is 8.05. The molecule has 0 aliphatic rings. The summed E-state index contributed by atoms with van der Waals surface area (Å²) >= 11 is 0. The quantitative estimate of drug-likeness (QED) is 0.509. The molecule has 0 amide bonds. The molecule has 1 aromatic heterocycles. The van der Waals surface area contributed by atoms with Gasteiger partial charge < -0.3 is 19.9 Å². The molecule has 0 fully saturated rings. The van der Waals surface area contributed by atoms with E-state index in [1.165, 1.54) is 0 Å². The number of nitrogens with one attached hydrogen (secondary N) is 2. The molecule has 1 aromatic carbocycles. The average molecular weight is 402 g/mol. The van der Waals surface area contributed by atoms with Crippen molar-refractivity contribution in [3.63, 3.8) is 0 Å². The fraction of sp³-hybridized carbons (Fsp3) is 0.591. The van der Waals surface area contributed by atoms with E-state index in [-0.39, 0.29) is 11.5 Å². The SMILES string of the molecule is CCNC(=NCc1noc(C(C)(C)C)n1)NC(C)c1ccc(OCC(C)C)cc1. The van der Waals surface area contributed by atoms with Crippen LogP contribution >= 0.6 is 0 Å². The number of hydrogen-bond donors (Lipinski definition) is 2. The molecule has 29 heavy (non-hydrogen) atoms. The third-order valence-electron chi connectivity index (χ3n) is 4.15.